The number of fused-ring (bicyclic) bond motifs is 1. The average molecular weight is 288 g/mol. The highest BCUT2D eigenvalue weighted by atomic mass is 16.5. The Labute approximate surface area is 124 Å². The molecule has 0 radical (unpaired) electrons. The first-order valence-electron chi connectivity index (χ1n) is 7.48. The molecule has 0 aromatic heterocycles. The Balaban J connectivity index is 1.72. The maximum Gasteiger partial charge on any atom is 0.344 e. The SMILES string of the molecule is CCN1CCN(C(=O)C2=CC3C=CC=CC3OC2=O)CC1. The van der Waals surface area contributed by atoms with Gasteiger partial charge in [-0.2, -0.15) is 0 Å². The van der Waals surface area contributed by atoms with Gasteiger partial charge in [0.2, 0.25) is 0 Å². The average Bonchev–Trinajstić information content (AvgIpc) is 2.53. The molecule has 0 aromatic rings. The van der Waals surface area contributed by atoms with Crippen molar-refractivity contribution in [3.05, 3.63) is 36.0 Å². The molecule has 21 heavy (non-hydrogen) atoms. The van der Waals surface area contributed by atoms with Crippen LogP contribution in [0.5, 0.6) is 0 Å². The van der Waals surface area contributed by atoms with Crippen LogP contribution in [-0.4, -0.2) is 60.5 Å². The van der Waals surface area contributed by atoms with E-state index in [0.29, 0.717) is 13.1 Å². The summed E-state index contributed by atoms with van der Waals surface area (Å²) >= 11 is 0. The zero-order valence-corrected chi connectivity index (χ0v) is 12.2. The molecule has 5 heteroatoms. The number of esters is 1. The van der Waals surface area contributed by atoms with Crippen LogP contribution in [0.4, 0.5) is 0 Å². The van der Waals surface area contributed by atoms with E-state index in [1.807, 2.05) is 24.3 Å². The highest BCUT2D eigenvalue weighted by molar-refractivity contribution is 6.16. The normalized spacial score (nSPS) is 28.9. The molecule has 0 spiro atoms. The van der Waals surface area contributed by atoms with Gasteiger partial charge >= 0.3 is 5.97 Å². The number of ether oxygens (including phenoxy) is 1. The number of amides is 1. The molecular weight excluding hydrogens is 268 g/mol. The van der Waals surface area contributed by atoms with Gasteiger partial charge in [0.15, 0.2) is 0 Å². The number of carbonyl (C=O) groups is 2. The fraction of sp³-hybridized carbons (Fsp3) is 0.500. The Morgan fingerprint density at radius 2 is 1.95 bits per heavy atom. The minimum absolute atomic E-state index is 0.0245. The molecular formula is C16H20N2O3. The van der Waals surface area contributed by atoms with Gasteiger partial charge in [-0.1, -0.05) is 31.2 Å². The summed E-state index contributed by atoms with van der Waals surface area (Å²) in [5, 5.41) is 0. The van der Waals surface area contributed by atoms with E-state index in [4.69, 9.17) is 4.74 Å². The van der Waals surface area contributed by atoms with Crippen molar-refractivity contribution >= 4 is 11.9 Å². The Kier molecular flexibility index (Phi) is 3.92. The van der Waals surface area contributed by atoms with Crippen molar-refractivity contribution in [1.29, 1.82) is 0 Å². The van der Waals surface area contributed by atoms with Crippen molar-refractivity contribution in [3.63, 3.8) is 0 Å². The van der Waals surface area contributed by atoms with Crippen LogP contribution in [0.1, 0.15) is 6.92 Å². The topological polar surface area (TPSA) is 49.9 Å². The second-order valence-corrected chi connectivity index (χ2v) is 5.52. The number of likely N-dealkylation sites (N-methyl/N-ethyl adjacent to an activating group) is 1. The molecule has 1 aliphatic carbocycles. The summed E-state index contributed by atoms with van der Waals surface area (Å²) in [6, 6.07) is 0. The first-order chi connectivity index (χ1) is 10.2. The molecule has 2 unspecified atom stereocenters. The number of piperazine rings is 1. The van der Waals surface area contributed by atoms with Crippen molar-refractivity contribution in [2.24, 2.45) is 5.92 Å². The first-order valence-corrected chi connectivity index (χ1v) is 7.48. The van der Waals surface area contributed by atoms with E-state index in [1.54, 1.807) is 11.0 Å². The molecule has 0 aromatic carbocycles. The van der Waals surface area contributed by atoms with Crippen molar-refractivity contribution in [1.82, 2.24) is 9.80 Å². The van der Waals surface area contributed by atoms with Gasteiger partial charge in [-0.25, -0.2) is 4.79 Å². The number of carbonyl (C=O) groups excluding carboxylic acids is 2. The quantitative estimate of drug-likeness (QED) is 0.555. The third-order valence-corrected chi connectivity index (χ3v) is 4.28. The molecule has 1 fully saturated rings. The zero-order chi connectivity index (χ0) is 14.8. The number of rotatable bonds is 2. The predicted octanol–water partition coefficient (Wildman–Crippen LogP) is 0.744. The summed E-state index contributed by atoms with van der Waals surface area (Å²) in [5.41, 5.74) is 0.182. The highest BCUT2D eigenvalue weighted by Crippen LogP contribution is 2.26. The van der Waals surface area contributed by atoms with Gasteiger partial charge in [-0.05, 0) is 12.6 Å². The highest BCUT2D eigenvalue weighted by Gasteiger charge is 2.35. The predicted molar refractivity (Wildman–Crippen MR) is 78.4 cm³/mol. The lowest BCUT2D eigenvalue weighted by Gasteiger charge is -2.35. The lowest BCUT2D eigenvalue weighted by atomic mass is 9.92. The molecule has 3 aliphatic rings. The lowest BCUT2D eigenvalue weighted by molar-refractivity contribution is -0.147. The van der Waals surface area contributed by atoms with Crippen molar-refractivity contribution in [2.45, 2.75) is 13.0 Å². The summed E-state index contributed by atoms with van der Waals surface area (Å²) in [7, 11) is 0. The van der Waals surface area contributed by atoms with Gasteiger partial charge in [-0.15, -0.1) is 0 Å². The van der Waals surface area contributed by atoms with Crippen LogP contribution in [0, 0.1) is 5.92 Å². The van der Waals surface area contributed by atoms with Gasteiger partial charge in [-0.3, -0.25) is 4.79 Å². The number of allylic oxidation sites excluding steroid dienone is 2. The fourth-order valence-electron chi connectivity index (χ4n) is 2.92. The second kappa shape index (κ2) is 5.85. The van der Waals surface area contributed by atoms with Gasteiger partial charge in [0.1, 0.15) is 11.7 Å². The number of nitrogens with zero attached hydrogens (tertiary/aromatic N) is 2. The minimum atomic E-state index is -0.501. The van der Waals surface area contributed by atoms with Crippen molar-refractivity contribution in [2.75, 3.05) is 32.7 Å². The minimum Gasteiger partial charge on any atom is -0.453 e. The van der Waals surface area contributed by atoms with Crippen molar-refractivity contribution in [3.8, 4) is 0 Å². The molecule has 0 bridgehead atoms. The Morgan fingerprint density at radius 1 is 1.24 bits per heavy atom. The van der Waals surface area contributed by atoms with E-state index in [1.165, 1.54) is 0 Å². The monoisotopic (exact) mass is 288 g/mol. The van der Waals surface area contributed by atoms with Crippen molar-refractivity contribution < 1.29 is 14.3 Å². The standard InChI is InChI=1S/C16H20N2O3/c1-2-17-7-9-18(10-8-17)15(19)13-11-12-5-3-4-6-14(12)21-16(13)20/h3-6,11-12,14H,2,7-10H2,1H3. The molecule has 2 atom stereocenters. The summed E-state index contributed by atoms with van der Waals surface area (Å²) < 4.78 is 5.35. The summed E-state index contributed by atoms with van der Waals surface area (Å²) in [5.74, 6) is -0.722. The van der Waals surface area contributed by atoms with Gasteiger partial charge < -0.3 is 14.5 Å². The maximum atomic E-state index is 12.5. The molecule has 1 amide bonds. The number of hydrogen-bond donors (Lipinski definition) is 0. The molecule has 1 saturated heterocycles. The van der Waals surface area contributed by atoms with E-state index in [2.05, 4.69) is 11.8 Å². The molecule has 112 valence electrons. The molecule has 3 rings (SSSR count). The Bertz CT molecular complexity index is 528. The fourth-order valence-corrected chi connectivity index (χ4v) is 2.92. The molecule has 0 N–H and O–H groups in total. The Hall–Kier alpha value is -1.88. The van der Waals surface area contributed by atoms with E-state index < -0.39 is 5.97 Å². The van der Waals surface area contributed by atoms with E-state index >= 15 is 0 Å². The van der Waals surface area contributed by atoms with Crippen LogP contribution >= 0.6 is 0 Å². The second-order valence-electron chi connectivity index (χ2n) is 5.52. The summed E-state index contributed by atoms with van der Waals surface area (Å²) in [6.07, 6.45) is 9.07. The van der Waals surface area contributed by atoms with Crippen LogP contribution in [-0.2, 0) is 14.3 Å². The van der Waals surface area contributed by atoms with Gasteiger partial charge in [0.05, 0.1) is 0 Å². The van der Waals surface area contributed by atoms with E-state index in [-0.39, 0.29) is 23.5 Å². The molecule has 5 nitrogen and oxygen atoms in total. The van der Waals surface area contributed by atoms with Gasteiger partial charge in [0, 0.05) is 32.1 Å². The summed E-state index contributed by atoms with van der Waals surface area (Å²) in [4.78, 5) is 28.6. The first kappa shape index (κ1) is 14.1. The van der Waals surface area contributed by atoms with E-state index in [9.17, 15) is 9.59 Å². The van der Waals surface area contributed by atoms with Crippen LogP contribution in [0.15, 0.2) is 36.0 Å². The summed E-state index contributed by atoms with van der Waals surface area (Å²) in [6.45, 7) is 6.16. The smallest absolute Gasteiger partial charge is 0.344 e. The largest absolute Gasteiger partial charge is 0.453 e. The lowest BCUT2D eigenvalue weighted by Crippen LogP contribution is -2.50. The molecule has 2 heterocycles. The Morgan fingerprint density at radius 3 is 2.67 bits per heavy atom. The van der Waals surface area contributed by atoms with Crippen LogP contribution in [0.25, 0.3) is 0 Å². The molecule has 2 aliphatic heterocycles. The molecule has 0 saturated carbocycles. The van der Waals surface area contributed by atoms with Crippen LogP contribution in [0.3, 0.4) is 0 Å². The maximum absolute atomic E-state index is 12.5. The van der Waals surface area contributed by atoms with Crippen LogP contribution in [0.2, 0.25) is 0 Å². The third kappa shape index (κ3) is 2.78. The zero-order valence-electron chi connectivity index (χ0n) is 12.2. The third-order valence-electron chi connectivity index (χ3n) is 4.28. The van der Waals surface area contributed by atoms with E-state index in [0.717, 1.165) is 19.6 Å². The van der Waals surface area contributed by atoms with Crippen LogP contribution < -0.4 is 0 Å². The number of hydrogen-bond acceptors (Lipinski definition) is 4. The van der Waals surface area contributed by atoms with Gasteiger partial charge in [0.25, 0.3) is 5.91 Å².